The van der Waals surface area contributed by atoms with Crippen molar-refractivity contribution in [1.82, 2.24) is 5.32 Å². The Bertz CT molecular complexity index is 420. The lowest BCUT2D eigenvalue weighted by molar-refractivity contribution is -0.144. The second-order valence-corrected chi connectivity index (χ2v) is 4.44. The fourth-order valence-electron chi connectivity index (χ4n) is 1.57. The van der Waals surface area contributed by atoms with E-state index in [-0.39, 0.29) is 6.61 Å². The number of alkyl halides is 1. The molecule has 0 aliphatic heterocycles. The van der Waals surface area contributed by atoms with Gasteiger partial charge in [0, 0.05) is 7.11 Å². The highest BCUT2D eigenvalue weighted by Crippen LogP contribution is 2.16. The third kappa shape index (κ3) is 4.25. The minimum atomic E-state index is -1.75. The van der Waals surface area contributed by atoms with Crippen LogP contribution in [-0.4, -0.2) is 37.0 Å². The van der Waals surface area contributed by atoms with Gasteiger partial charge in [0.1, 0.15) is 12.5 Å². The molecule has 0 saturated heterocycles. The lowest BCUT2D eigenvalue weighted by Gasteiger charge is -2.24. The van der Waals surface area contributed by atoms with Crippen molar-refractivity contribution in [3.63, 3.8) is 0 Å². The maximum absolute atomic E-state index is 13.0. The van der Waals surface area contributed by atoms with Crippen LogP contribution in [0.2, 0.25) is 0 Å². The van der Waals surface area contributed by atoms with Crippen molar-refractivity contribution < 1.29 is 23.4 Å². The molecule has 0 aromatic heterocycles. The molecule has 1 amide bonds. The van der Waals surface area contributed by atoms with Gasteiger partial charge in [-0.1, -0.05) is 12.1 Å². The minimum absolute atomic E-state index is 0.207. The van der Waals surface area contributed by atoms with Crippen LogP contribution in [0, 0.1) is 5.82 Å². The number of nitrogens with one attached hydrogen (secondary N) is 1. The number of ether oxygens (including phenoxy) is 1. The highest BCUT2D eigenvalue weighted by molar-refractivity contribution is 5.85. The van der Waals surface area contributed by atoms with E-state index < -0.39 is 30.0 Å². The van der Waals surface area contributed by atoms with Crippen molar-refractivity contribution in [3.05, 3.63) is 35.6 Å². The number of hydrogen-bond donors (Lipinski definition) is 2. The van der Waals surface area contributed by atoms with Crippen LogP contribution in [0.5, 0.6) is 0 Å². The van der Waals surface area contributed by atoms with Gasteiger partial charge in [-0.3, -0.25) is 4.79 Å². The fraction of sp³-hybridized carbons (Fsp3) is 0.462. The molecule has 4 nitrogen and oxygen atoms in total. The highest BCUT2D eigenvalue weighted by Gasteiger charge is 2.32. The lowest BCUT2D eigenvalue weighted by atomic mass is 10.0. The third-order valence-electron chi connectivity index (χ3n) is 2.65. The van der Waals surface area contributed by atoms with E-state index in [1.165, 1.54) is 38.3 Å². The van der Waals surface area contributed by atoms with Crippen LogP contribution in [0.1, 0.15) is 18.5 Å². The lowest BCUT2D eigenvalue weighted by Crippen LogP contribution is -2.49. The molecule has 2 N–H and O–H groups in total. The normalized spacial score (nSPS) is 15.6. The first-order valence-electron chi connectivity index (χ1n) is 5.74. The Morgan fingerprint density at radius 3 is 2.53 bits per heavy atom. The number of benzene rings is 1. The van der Waals surface area contributed by atoms with Gasteiger partial charge in [0.05, 0.1) is 12.6 Å². The molecule has 2 unspecified atom stereocenters. The largest absolute Gasteiger partial charge is 0.381 e. The summed E-state index contributed by atoms with van der Waals surface area (Å²) < 4.78 is 30.4. The SMILES string of the molecule is COCC(C)(O)C(=O)NC(CF)c1ccc(F)cc1. The molecule has 0 bridgehead atoms. The molecule has 106 valence electrons. The molecule has 1 aromatic carbocycles. The van der Waals surface area contributed by atoms with Crippen molar-refractivity contribution in [2.45, 2.75) is 18.6 Å². The summed E-state index contributed by atoms with van der Waals surface area (Å²) in [6.07, 6.45) is 0. The molecule has 1 rings (SSSR count). The smallest absolute Gasteiger partial charge is 0.254 e. The van der Waals surface area contributed by atoms with Crippen molar-refractivity contribution in [2.75, 3.05) is 20.4 Å². The van der Waals surface area contributed by atoms with E-state index in [1.54, 1.807) is 0 Å². The van der Waals surface area contributed by atoms with E-state index >= 15 is 0 Å². The first kappa shape index (κ1) is 15.5. The van der Waals surface area contributed by atoms with E-state index in [1.807, 2.05) is 0 Å². The molecule has 19 heavy (non-hydrogen) atoms. The monoisotopic (exact) mass is 273 g/mol. The molecule has 0 radical (unpaired) electrons. The molecule has 6 heteroatoms. The zero-order chi connectivity index (χ0) is 14.5. The van der Waals surface area contributed by atoms with Gasteiger partial charge < -0.3 is 15.2 Å². The number of hydrogen-bond acceptors (Lipinski definition) is 3. The molecule has 0 heterocycles. The van der Waals surface area contributed by atoms with Crippen LogP contribution >= 0.6 is 0 Å². The minimum Gasteiger partial charge on any atom is -0.381 e. The zero-order valence-electron chi connectivity index (χ0n) is 10.8. The van der Waals surface area contributed by atoms with E-state index in [0.717, 1.165) is 0 Å². The topological polar surface area (TPSA) is 58.6 Å². The molecule has 0 aliphatic carbocycles. The average Bonchev–Trinajstić information content (AvgIpc) is 2.36. The summed E-state index contributed by atoms with van der Waals surface area (Å²) in [6, 6.07) is 4.18. The van der Waals surface area contributed by atoms with Gasteiger partial charge in [-0.2, -0.15) is 0 Å². The maximum atomic E-state index is 13.0. The molecule has 0 saturated carbocycles. The zero-order valence-corrected chi connectivity index (χ0v) is 10.8. The van der Waals surface area contributed by atoms with E-state index in [2.05, 4.69) is 5.32 Å². The van der Waals surface area contributed by atoms with Gasteiger partial charge in [-0.05, 0) is 24.6 Å². The van der Waals surface area contributed by atoms with Gasteiger partial charge in [-0.25, -0.2) is 8.78 Å². The quantitative estimate of drug-likeness (QED) is 0.822. The van der Waals surface area contributed by atoms with Crippen molar-refractivity contribution in [1.29, 1.82) is 0 Å². The number of methoxy groups -OCH3 is 1. The summed E-state index contributed by atoms with van der Waals surface area (Å²) in [5.74, 6) is -1.19. The molecular formula is C13H17F2NO3. The first-order valence-corrected chi connectivity index (χ1v) is 5.74. The summed E-state index contributed by atoms with van der Waals surface area (Å²) in [4.78, 5) is 11.8. The van der Waals surface area contributed by atoms with Gasteiger partial charge in [-0.15, -0.1) is 0 Å². The number of carbonyl (C=O) groups is 1. The highest BCUT2D eigenvalue weighted by atomic mass is 19.1. The summed E-state index contributed by atoms with van der Waals surface area (Å²) >= 11 is 0. The van der Waals surface area contributed by atoms with Crippen LogP contribution in [-0.2, 0) is 9.53 Å². The molecule has 2 atom stereocenters. The van der Waals surface area contributed by atoms with Crippen molar-refractivity contribution >= 4 is 5.91 Å². The van der Waals surface area contributed by atoms with Gasteiger partial charge in [0.2, 0.25) is 0 Å². The maximum Gasteiger partial charge on any atom is 0.254 e. The Labute approximate surface area is 110 Å². The molecular weight excluding hydrogens is 256 g/mol. The summed E-state index contributed by atoms with van der Waals surface area (Å²) in [6.45, 7) is 0.202. The van der Waals surface area contributed by atoms with E-state index in [4.69, 9.17) is 4.74 Å². The number of amides is 1. The summed E-state index contributed by atoms with van der Waals surface area (Å²) in [7, 11) is 1.34. The van der Waals surface area contributed by atoms with Crippen LogP contribution in [0.15, 0.2) is 24.3 Å². The standard InChI is InChI=1S/C13H17F2NO3/c1-13(18,8-19-2)12(17)16-11(7-14)9-3-5-10(15)6-4-9/h3-6,11,18H,7-8H2,1-2H3,(H,16,17). The average molecular weight is 273 g/mol. The summed E-state index contributed by atoms with van der Waals surface area (Å²) in [5, 5.41) is 12.2. The van der Waals surface area contributed by atoms with Crippen molar-refractivity contribution in [2.24, 2.45) is 0 Å². The molecule has 0 spiro atoms. The Morgan fingerprint density at radius 2 is 2.05 bits per heavy atom. The van der Waals surface area contributed by atoms with E-state index in [0.29, 0.717) is 5.56 Å². The van der Waals surface area contributed by atoms with Gasteiger partial charge in [0.15, 0.2) is 5.60 Å². The van der Waals surface area contributed by atoms with Crippen LogP contribution < -0.4 is 5.32 Å². The van der Waals surface area contributed by atoms with Crippen LogP contribution in [0.25, 0.3) is 0 Å². The molecule has 1 aromatic rings. The predicted molar refractivity (Wildman–Crippen MR) is 65.8 cm³/mol. The van der Waals surface area contributed by atoms with Crippen LogP contribution in [0.3, 0.4) is 0 Å². The number of halogens is 2. The Hall–Kier alpha value is -1.53. The second kappa shape index (κ2) is 6.58. The van der Waals surface area contributed by atoms with Gasteiger partial charge in [0.25, 0.3) is 5.91 Å². The Balaban J connectivity index is 2.77. The summed E-state index contributed by atoms with van der Waals surface area (Å²) in [5.41, 5.74) is -1.33. The second-order valence-electron chi connectivity index (χ2n) is 4.44. The van der Waals surface area contributed by atoms with Crippen LogP contribution in [0.4, 0.5) is 8.78 Å². The number of rotatable bonds is 6. The molecule has 0 fully saturated rings. The van der Waals surface area contributed by atoms with Crippen molar-refractivity contribution in [3.8, 4) is 0 Å². The van der Waals surface area contributed by atoms with E-state index in [9.17, 15) is 18.7 Å². The first-order chi connectivity index (χ1) is 8.90. The molecule has 0 aliphatic rings. The fourth-order valence-corrected chi connectivity index (χ4v) is 1.57. The predicted octanol–water partition coefficient (Wildman–Crippen LogP) is 1.35. The van der Waals surface area contributed by atoms with Gasteiger partial charge >= 0.3 is 0 Å². The number of aliphatic hydroxyl groups is 1. The third-order valence-corrected chi connectivity index (χ3v) is 2.65. The Morgan fingerprint density at radius 1 is 1.47 bits per heavy atom. The number of carbonyl (C=O) groups excluding carboxylic acids is 1. The Kier molecular flexibility index (Phi) is 5.38.